The number of ether oxygens (including phenoxy) is 20. The SMILES string of the molecule is C#CCN(CCC(=O)NCCN(CCC(=O)CCCOCCOCCOCCOCCC(=O)OC(C)(C)C)CCC(=O)CCCOCCOCCOCCOCCC(=O)OC(C)(C)C)CCC(=O)NCCN(CCC(=O)NCCOCOCOCCOCCC(=O)OC(C)(C)C)CCC(=O)NCCOCOCOCCOCCC(=O)OC(C)(C)C. The Labute approximate surface area is 713 Å². The molecule has 0 saturated carbocycles. The van der Waals surface area contributed by atoms with Crippen LogP contribution >= 0.6 is 0 Å². The second kappa shape index (κ2) is 75.4. The average Bonchev–Trinajstić information content (AvgIpc) is 0.974. The number of terminal acetylenes is 1. The third-order valence-corrected chi connectivity index (χ3v) is 15.6. The van der Waals surface area contributed by atoms with Crippen LogP contribution < -0.4 is 21.3 Å². The van der Waals surface area contributed by atoms with Gasteiger partial charge < -0.3 is 126 Å². The van der Waals surface area contributed by atoms with Crippen molar-refractivity contribution in [2.75, 3.05) is 271 Å². The Bertz CT molecular complexity index is 2560. The highest BCUT2D eigenvalue weighted by Gasteiger charge is 2.22. The molecule has 0 atom stereocenters. The molecule has 0 aromatic heterocycles. The maximum absolute atomic E-state index is 13.3. The van der Waals surface area contributed by atoms with Crippen LogP contribution in [-0.4, -0.2) is 367 Å². The zero-order chi connectivity index (χ0) is 89.1. The molecule has 4 N–H and O–H groups in total. The van der Waals surface area contributed by atoms with Crippen molar-refractivity contribution >= 4 is 59.1 Å². The first-order chi connectivity index (χ1) is 57.2. The Balaban J connectivity index is 5.27. The third kappa shape index (κ3) is 85.5. The van der Waals surface area contributed by atoms with Crippen molar-refractivity contribution in [1.82, 2.24) is 36.0 Å². The van der Waals surface area contributed by atoms with Gasteiger partial charge in [-0.05, 0) is 95.9 Å². The Kier molecular flexibility index (Phi) is 71.6. The van der Waals surface area contributed by atoms with Crippen LogP contribution in [0.25, 0.3) is 0 Å². The fourth-order valence-corrected chi connectivity index (χ4v) is 9.95. The molecular weight excluding hydrogens is 1570 g/mol. The minimum absolute atomic E-state index is 0.0372. The van der Waals surface area contributed by atoms with Gasteiger partial charge in [-0.1, -0.05) is 5.92 Å². The van der Waals surface area contributed by atoms with Crippen LogP contribution in [0.2, 0.25) is 0 Å². The van der Waals surface area contributed by atoms with Crippen molar-refractivity contribution < 1.29 is 143 Å². The zero-order valence-corrected chi connectivity index (χ0v) is 74.6. The van der Waals surface area contributed by atoms with Crippen molar-refractivity contribution in [1.29, 1.82) is 0 Å². The maximum Gasteiger partial charge on any atom is 0.308 e. The monoisotopic (exact) mass is 1730 g/mol. The molecule has 0 aromatic rings. The minimum atomic E-state index is -0.563. The second-order valence-electron chi connectivity index (χ2n) is 31.3. The van der Waals surface area contributed by atoms with Gasteiger partial charge >= 0.3 is 23.9 Å². The van der Waals surface area contributed by atoms with E-state index in [-0.39, 0.29) is 275 Å². The lowest BCUT2D eigenvalue weighted by Crippen LogP contribution is -2.40. The van der Waals surface area contributed by atoms with Crippen LogP contribution in [0, 0.1) is 12.3 Å². The van der Waals surface area contributed by atoms with Gasteiger partial charge in [0.2, 0.25) is 23.6 Å². The first kappa shape index (κ1) is 114. The van der Waals surface area contributed by atoms with Gasteiger partial charge in [-0.2, -0.15) is 0 Å². The van der Waals surface area contributed by atoms with Crippen molar-refractivity contribution in [3.05, 3.63) is 0 Å². The van der Waals surface area contributed by atoms with E-state index in [0.717, 1.165) is 0 Å². The van der Waals surface area contributed by atoms with E-state index in [1.807, 2.05) is 56.2 Å². The van der Waals surface area contributed by atoms with E-state index in [0.29, 0.717) is 144 Å². The second-order valence-corrected chi connectivity index (χ2v) is 31.3. The number of hydrogen-bond donors (Lipinski definition) is 4. The molecule has 0 aliphatic heterocycles. The molecule has 0 aromatic carbocycles. The summed E-state index contributed by atoms with van der Waals surface area (Å²) in [5.74, 6) is 0.327. The summed E-state index contributed by atoms with van der Waals surface area (Å²) in [5, 5.41) is 11.5. The van der Waals surface area contributed by atoms with Crippen LogP contribution in [0.1, 0.15) is 173 Å². The molecule has 698 valence electrons. The predicted molar refractivity (Wildman–Crippen MR) is 442 cm³/mol. The standard InChI is InChI=1S/C83H151N7O30/c1-14-33-88(37-22-73(94)85-30-41-90(38-23-74(95)86-31-48-111-66-115-68-113-64-62-105-46-27-78(99)119-82(8,9)10)39-24-75(96)87-32-49-112-67-116-69-114-65-63-106-47-28-79(100)120-83(11,12)13)36-21-72(93)84-29-40-89(34-19-70(91)17-15-42-101-50-54-107-58-60-109-56-52-103-44-25-76(97)117-80(2,3)4)35-20-71(92)18-16-43-102-51-55-108-59-61-110-57-53-104-45-26-77(98)118-81(5,6)7/h1H,15-69H2,2-13H3,(H,84,93)(H,85,94)(H,86,95)(H,87,96). The fourth-order valence-electron chi connectivity index (χ4n) is 9.95. The Morgan fingerprint density at radius 1 is 0.242 bits per heavy atom. The summed E-state index contributed by atoms with van der Waals surface area (Å²) in [7, 11) is 0. The molecule has 0 radical (unpaired) electrons. The molecule has 0 aliphatic rings. The zero-order valence-electron chi connectivity index (χ0n) is 74.6. The van der Waals surface area contributed by atoms with Crippen LogP contribution in [0.5, 0.6) is 0 Å². The highest BCUT2D eigenvalue weighted by molar-refractivity contribution is 5.80. The first-order valence-electron chi connectivity index (χ1n) is 42.1. The molecule has 0 aliphatic carbocycles. The summed E-state index contributed by atoms with van der Waals surface area (Å²) in [4.78, 5) is 132. The van der Waals surface area contributed by atoms with Gasteiger partial charge in [0.15, 0.2) is 0 Å². The molecule has 0 spiro atoms. The van der Waals surface area contributed by atoms with E-state index >= 15 is 0 Å². The first-order valence-corrected chi connectivity index (χ1v) is 42.1. The van der Waals surface area contributed by atoms with E-state index in [1.165, 1.54) is 0 Å². The highest BCUT2D eigenvalue weighted by Crippen LogP contribution is 2.13. The molecule has 0 saturated heterocycles. The van der Waals surface area contributed by atoms with E-state index in [2.05, 4.69) is 27.2 Å². The number of nitrogens with zero attached hydrogens (tertiary/aromatic N) is 3. The lowest BCUT2D eigenvalue weighted by atomic mass is 10.1. The summed E-state index contributed by atoms with van der Waals surface area (Å²) >= 11 is 0. The number of carbonyl (C=O) groups excluding carboxylic acids is 10. The van der Waals surface area contributed by atoms with E-state index in [9.17, 15) is 47.9 Å². The predicted octanol–water partition coefficient (Wildman–Crippen LogP) is 4.05. The fraction of sp³-hybridized carbons (Fsp3) is 0.855. The molecule has 0 rings (SSSR count). The lowest BCUT2D eigenvalue weighted by molar-refractivity contribution is -0.157. The van der Waals surface area contributed by atoms with Crippen LogP contribution in [0.4, 0.5) is 0 Å². The maximum atomic E-state index is 13.3. The van der Waals surface area contributed by atoms with Gasteiger partial charge in [0, 0.05) is 143 Å². The van der Waals surface area contributed by atoms with Gasteiger partial charge in [0.1, 0.15) is 61.1 Å². The molecule has 37 heteroatoms. The van der Waals surface area contributed by atoms with Crippen molar-refractivity contribution in [3.8, 4) is 12.3 Å². The molecule has 0 fully saturated rings. The molecule has 120 heavy (non-hydrogen) atoms. The number of esters is 4. The number of nitrogens with one attached hydrogen (secondary N) is 4. The molecule has 0 unspecified atom stereocenters. The number of rotatable bonds is 83. The summed E-state index contributed by atoms with van der Waals surface area (Å²) in [5.41, 5.74) is -2.20. The molecule has 0 bridgehead atoms. The summed E-state index contributed by atoms with van der Waals surface area (Å²) in [6.45, 7) is 32.2. The van der Waals surface area contributed by atoms with E-state index in [1.54, 1.807) is 41.5 Å². The quantitative estimate of drug-likeness (QED) is 0.0219. The van der Waals surface area contributed by atoms with E-state index < -0.39 is 22.4 Å². The minimum Gasteiger partial charge on any atom is -0.460 e. The van der Waals surface area contributed by atoms with Gasteiger partial charge in [0.05, 0.1) is 178 Å². The van der Waals surface area contributed by atoms with Gasteiger partial charge in [0.25, 0.3) is 0 Å². The van der Waals surface area contributed by atoms with Gasteiger partial charge in [-0.25, -0.2) is 0 Å². The normalized spacial score (nSPS) is 11.9. The molecule has 4 amide bonds. The summed E-state index contributed by atoms with van der Waals surface area (Å²) < 4.78 is 108. The van der Waals surface area contributed by atoms with Gasteiger partial charge in [-0.15, -0.1) is 6.42 Å². The summed E-state index contributed by atoms with van der Waals surface area (Å²) in [6, 6.07) is 0. The summed E-state index contributed by atoms with van der Waals surface area (Å²) in [6.07, 6.45) is 8.78. The highest BCUT2D eigenvalue weighted by atomic mass is 16.7. The van der Waals surface area contributed by atoms with Crippen molar-refractivity contribution in [2.45, 2.75) is 195 Å². The van der Waals surface area contributed by atoms with Crippen LogP contribution in [-0.2, 0) is 143 Å². The molecular formula is C83H151N7O30. The average molecular weight is 1730 g/mol. The van der Waals surface area contributed by atoms with Gasteiger partial charge in [-0.3, -0.25) is 52.8 Å². The Morgan fingerprint density at radius 2 is 0.467 bits per heavy atom. The molecule has 0 heterocycles. The molecule has 37 nitrogen and oxygen atoms in total. The largest absolute Gasteiger partial charge is 0.460 e. The van der Waals surface area contributed by atoms with Crippen molar-refractivity contribution in [2.24, 2.45) is 0 Å². The number of ketones is 2. The van der Waals surface area contributed by atoms with Crippen LogP contribution in [0.15, 0.2) is 0 Å². The number of Topliss-reactive ketones (excluding diaryl/α,β-unsaturated/α-hetero) is 2. The third-order valence-electron chi connectivity index (χ3n) is 15.6. The van der Waals surface area contributed by atoms with E-state index in [4.69, 9.17) is 101 Å². The topological polar surface area (TPSA) is 413 Å². The lowest BCUT2D eigenvalue weighted by Gasteiger charge is -2.23. The Morgan fingerprint density at radius 3 is 0.733 bits per heavy atom. The Hall–Kier alpha value is -6.10. The van der Waals surface area contributed by atoms with Crippen molar-refractivity contribution in [3.63, 3.8) is 0 Å². The number of hydrogen-bond acceptors (Lipinski definition) is 33. The van der Waals surface area contributed by atoms with Crippen LogP contribution in [0.3, 0.4) is 0 Å². The number of amides is 4. The smallest absolute Gasteiger partial charge is 0.308 e. The number of carbonyl (C=O) groups is 10.